The van der Waals surface area contributed by atoms with Crippen LogP contribution in [0.5, 0.6) is 0 Å². The maximum atomic E-state index is 13.7. The largest absolute Gasteiger partial charge is 0.340 e. The predicted octanol–water partition coefficient (Wildman–Crippen LogP) is 2.93. The van der Waals surface area contributed by atoms with Gasteiger partial charge in [-0.2, -0.15) is 4.31 Å². The van der Waals surface area contributed by atoms with E-state index in [2.05, 4.69) is 5.32 Å². The summed E-state index contributed by atoms with van der Waals surface area (Å²) in [5.74, 6) is 0.00274. The van der Waals surface area contributed by atoms with Gasteiger partial charge in [0, 0.05) is 45.7 Å². The van der Waals surface area contributed by atoms with Gasteiger partial charge in [-0.25, -0.2) is 8.42 Å². The van der Waals surface area contributed by atoms with E-state index < -0.39 is 10.0 Å². The smallest absolute Gasteiger partial charge is 0.243 e. The lowest BCUT2D eigenvalue weighted by molar-refractivity contribution is -0.131. The summed E-state index contributed by atoms with van der Waals surface area (Å²) in [7, 11) is -3.76. The first kappa shape index (κ1) is 23.4. The standard InChI is InChI=1S/C24H33N3O3S/c1-18-5-7-22(8-6-18)17-27(12-9-23(28)26-13-10-25-11-14-26)31(29,30)24-20(3)15-19(2)16-21(24)4/h5-8,15-16,25H,9-14,17H2,1-4H3. The number of carbonyl (C=O) groups excluding carboxylic acids is 1. The molecule has 0 radical (unpaired) electrons. The van der Waals surface area contributed by atoms with Gasteiger partial charge < -0.3 is 10.2 Å². The maximum Gasteiger partial charge on any atom is 0.243 e. The van der Waals surface area contributed by atoms with Gasteiger partial charge in [-0.05, 0) is 44.4 Å². The second kappa shape index (κ2) is 9.94. The van der Waals surface area contributed by atoms with Gasteiger partial charge in [0.15, 0.2) is 0 Å². The number of sulfonamides is 1. The van der Waals surface area contributed by atoms with Crippen LogP contribution >= 0.6 is 0 Å². The molecule has 31 heavy (non-hydrogen) atoms. The van der Waals surface area contributed by atoms with Crippen molar-refractivity contribution in [3.8, 4) is 0 Å². The second-order valence-electron chi connectivity index (χ2n) is 8.43. The molecule has 0 unspecified atom stereocenters. The van der Waals surface area contributed by atoms with Crippen LogP contribution in [0.3, 0.4) is 0 Å². The third-order valence-electron chi connectivity index (χ3n) is 5.73. The molecule has 0 spiro atoms. The van der Waals surface area contributed by atoms with Gasteiger partial charge >= 0.3 is 0 Å². The molecule has 3 rings (SSSR count). The van der Waals surface area contributed by atoms with E-state index >= 15 is 0 Å². The molecule has 168 valence electrons. The fourth-order valence-corrected chi connectivity index (χ4v) is 6.02. The molecule has 7 heteroatoms. The molecule has 1 aliphatic rings. The normalized spacial score (nSPS) is 14.8. The van der Waals surface area contributed by atoms with Gasteiger partial charge in [-0.1, -0.05) is 47.5 Å². The second-order valence-corrected chi connectivity index (χ2v) is 10.3. The average Bonchev–Trinajstić information content (AvgIpc) is 2.71. The monoisotopic (exact) mass is 443 g/mol. The first-order valence-electron chi connectivity index (χ1n) is 10.8. The molecule has 1 saturated heterocycles. The Hall–Kier alpha value is -2.22. The van der Waals surface area contributed by atoms with Crippen LogP contribution < -0.4 is 5.32 Å². The molecule has 0 atom stereocenters. The van der Waals surface area contributed by atoms with E-state index in [9.17, 15) is 13.2 Å². The van der Waals surface area contributed by atoms with Crippen LogP contribution in [0, 0.1) is 27.7 Å². The van der Waals surface area contributed by atoms with Crippen molar-refractivity contribution in [2.45, 2.75) is 45.6 Å². The maximum absolute atomic E-state index is 13.7. The van der Waals surface area contributed by atoms with Crippen molar-refractivity contribution >= 4 is 15.9 Å². The Kier molecular flexibility index (Phi) is 7.51. The van der Waals surface area contributed by atoms with E-state index in [1.807, 2.05) is 69.0 Å². The third kappa shape index (κ3) is 5.73. The fraction of sp³-hybridized carbons (Fsp3) is 0.458. The molecule has 0 bridgehead atoms. The minimum atomic E-state index is -3.76. The van der Waals surface area contributed by atoms with Crippen molar-refractivity contribution in [1.82, 2.24) is 14.5 Å². The van der Waals surface area contributed by atoms with Gasteiger partial charge in [0.1, 0.15) is 0 Å². The topological polar surface area (TPSA) is 69.7 Å². The molecular formula is C24H33N3O3S. The van der Waals surface area contributed by atoms with Gasteiger partial charge in [-0.3, -0.25) is 4.79 Å². The van der Waals surface area contributed by atoms with Crippen LogP contribution in [0.1, 0.15) is 34.2 Å². The molecule has 0 saturated carbocycles. The van der Waals surface area contributed by atoms with Crippen molar-refractivity contribution in [2.24, 2.45) is 0 Å². The lowest BCUT2D eigenvalue weighted by Crippen LogP contribution is -2.47. The van der Waals surface area contributed by atoms with E-state index in [0.29, 0.717) is 18.0 Å². The summed E-state index contributed by atoms with van der Waals surface area (Å²) in [4.78, 5) is 14.9. The number of aryl methyl sites for hydroxylation is 4. The Morgan fingerprint density at radius 3 is 2.13 bits per heavy atom. The Labute approximate surface area is 186 Å². The van der Waals surface area contributed by atoms with Crippen molar-refractivity contribution < 1.29 is 13.2 Å². The van der Waals surface area contributed by atoms with Crippen molar-refractivity contribution in [3.63, 3.8) is 0 Å². The number of carbonyl (C=O) groups is 1. The zero-order chi connectivity index (χ0) is 22.6. The zero-order valence-corrected chi connectivity index (χ0v) is 19.8. The summed E-state index contributed by atoms with van der Waals surface area (Å²) in [6, 6.07) is 11.7. The molecule has 1 heterocycles. The molecule has 2 aromatic rings. The molecule has 0 aliphatic carbocycles. The van der Waals surface area contributed by atoms with E-state index in [1.54, 1.807) is 0 Å². The quantitative estimate of drug-likeness (QED) is 0.714. The van der Waals surface area contributed by atoms with E-state index in [0.717, 1.165) is 40.9 Å². The molecule has 1 aliphatic heterocycles. The number of nitrogens with zero attached hydrogens (tertiary/aromatic N) is 2. The van der Waals surface area contributed by atoms with Crippen molar-refractivity contribution in [3.05, 3.63) is 64.2 Å². The zero-order valence-electron chi connectivity index (χ0n) is 18.9. The highest BCUT2D eigenvalue weighted by molar-refractivity contribution is 7.89. The summed E-state index contributed by atoms with van der Waals surface area (Å²) >= 11 is 0. The number of amides is 1. The molecule has 2 aromatic carbocycles. The van der Waals surface area contributed by atoms with Crippen molar-refractivity contribution in [2.75, 3.05) is 32.7 Å². The third-order valence-corrected chi connectivity index (χ3v) is 7.88. The van der Waals surface area contributed by atoms with Gasteiger partial charge in [0.2, 0.25) is 15.9 Å². The molecular weight excluding hydrogens is 410 g/mol. The highest BCUT2D eigenvalue weighted by Crippen LogP contribution is 2.27. The van der Waals surface area contributed by atoms with Crippen LogP contribution in [-0.4, -0.2) is 56.3 Å². The Morgan fingerprint density at radius 1 is 0.968 bits per heavy atom. The number of hydrogen-bond donors (Lipinski definition) is 1. The highest BCUT2D eigenvalue weighted by Gasteiger charge is 2.29. The molecule has 1 N–H and O–H groups in total. The summed E-state index contributed by atoms with van der Waals surface area (Å²) in [6.07, 6.45) is 0.176. The number of rotatable bonds is 7. The summed E-state index contributed by atoms with van der Waals surface area (Å²) in [5.41, 5.74) is 4.54. The van der Waals surface area contributed by atoms with Crippen LogP contribution in [0.25, 0.3) is 0 Å². The molecule has 1 amide bonds. The van der Waals surface area contributed by atoms with E-state index in [4.69, 9.17) is 0 Å². The Balaban J connectivity index is 1.89. The summed E-state index contributed by atoms with van der Waals surface area (Å²) in [6.45, 7) is 10.9. The molecule has 0 aromatic heterocycles. The predicted molar refractivity (Wildman–Crippen MR) is 123 cm³/mol. The lowest BCUT2D eigenvalue weighted by atomic mass is 10.1. The number of hydrogen-bond acceptors (Lipinski definition) is 4. The number of nitrogens with one attached hydrogen (secondary N) is 1. The van der Waals surface area contributed by atoms with Gasteiger partial charge in [0.25, 0.3) is 0 Å². The van der Waals surface area contributed by atoms with E-state index in [-0.39, 0.29) is 25.4 Å². The van der Waals surface area contributed by atoms with Crippen LogP contribution in [0.4, 0.5) is 0 Å². The molecule has 1 fully saturated rings. The van der Waals surface area contributed by atoms with Gasteiger partial charge in [0.05, 0.1) is 4.90 Å². The average molecular weight is 444 g/mol. The Bertz CT molecular complexity index is 1000. The van der Waals surface area contributed by atoms with Crippen LogP contribution in [0.15, 0.2) is 41.3 Å². The summed E-state index contributed by atoms with van der Waals surface area (Å²) < 4.78 is 28.9. The fourth-order valence-electron chi connectivity index (χ4n) is 4.18. The van der Waals surface area contributed by atoms with Crippen LogP contribution in [0.2, 0.25) is 0 Å². The molecule has 6 nitrogen and oxygen atoms in total. The first-order chi connectivity index (χ1) is 14.7. The lowest BCUT2D eigenvalue weighted by Gasteiger charge is -2.29. The minimum Gasteiger partial charge on any atom is -0.340 e. The number of piperazine rings is 1. The van der Waals surface area contributed by atoms with Gasteiger partial charge in [-0.15, -0.1) is 0 Å². The first-order valence-corrected chi connectivity index (χ1v) is 12.2. The summed E-state index contributed by atoms with van der Waals surface area (Å²) in [5, 5.41) is 3.23. The van der Waals surface area contributed by atoms with Crippen molar-refractivity contribution in [1.29, 1.82) is 0 Å². The SMILES string of the molecule is Cc1ccc(CN(CCC(=O)N2CCNCC2)S(=O)(=O)c2c(C)cc(C)cc2C)cc1. The minimum absolute atomic E-state index is 0.00274. The Morgan fingerprint density at radius 2 is 1.55 bits per heavy atom. The van der Waals surface area contributed by atoms with Crippen LogP contribution in [-0.2, 0) is 21.4 Å². The highest BCUT2D eigenvalue weighted by atomic mass is 32.2. The number of benzene rings is 2. The van der Waals surface area contributed by atoms with E-state index in [1.165, 1.54) is 4.31 Å².